The third kappa shape index (κ3) is 143. The molecule has 88 valence electrons. The zero-order valence-electron chi connectivity index (χ0n) is 11.0. The van der Waals surface area contributed by atoms with E-state index in [2.05, 4.69) is 0 Å². The Morgan fingerprint density at radius 1 is 0.0455 bits per heavy atom. The van der Waals surface area contributed by atoms with Crippen molar-refractivity contribution in [1.82, 2.24) is 0 Å². The number of hydrogen-bond donors (Lipinski definition) is 0. The van der Waals surface area contributed by atoms with Crippen molar-refractivity contribution in [2.45, 2.75) is 0 Å². The van der Waals surface area contributed by atoms with Gasteiger partial charge in [0.1, 0.15) is 0 Å². The van der Waals surface area contributed by atoms with Crippen LogP contribution in [0.4, 0.5) is 0 Å². The fraction of sp³-hybridized carbons (Fsp3) is 0. The Morgan fingerprint density at radius 3 is 0.0455 bits per heavy atom. The average molecular weight is 5240 g/mol. The van der Waals surface area contributed by atoms with Gasteiger partial charge in [-0.05, 0) is 0 Å². The van der Waals surface area contributed by atoms with E-state index >= 15 is 0 Å². The van der Waals surface area contributed by atoms with E-state index in [0.717, 1.165) is 0 Å². The van der Waals surface area contributed by atoms with Crippen LogP contribution in [0, 0.1) is 684 Å². The SMILES string of the molecule is [U].[U].[U].[U].[U].[U].[U].[U].[U].[U].[U].[U].[U].[U].[U].[U].[U].[U].[U].[U].[U].[U]. The van der Waals surface area contributed by atoms with E-state index in [1.54, 1.807) is 0 Å². The van der Waals surface area contributed by atoms with E-state index in [1.807, 2.05) is 0 Å². The molecule has 0 rings (SSSR count). The maximum Gasteiger partial charge on any atom is 0 e. The van der Waals surface area contributed by atoms with Crippen LogP contribution < -0.4 is 0 Å². The van der Waals surface area contributed by atoms with Crippen LogP contribution in [0.15, 0.2) is 0 Å². The quantitative estimate of drug-likeness (QED) is 0.321. The molecule has 0 heterocycles. The molecule has 0 N–H and O–H groups in total. The van der Waals surface area contributed by atoms with Crippen LogP contribution in [0.1, 0.15) is 0 Å². The maximum atomic E-state index is 0. The first-order valence-corrected chi connectivity index (χ1v) is 0. The van der Waals surface area contributed by atoms with Crippen molar-refractivity contribution in [2.75, 3.05) is 0 Å². The van der Waals surface area contributed by atoms with Crippen LogP contribution in [-0.4, -0.2) is 0 Å². The molecule has 0 aliphatic heterocycles. The summed E-state index contributed by atoms with van der Waals surface area (Å²) < 4.78 is 0. The Bertz CT molecular complexity index is 0. The maximum absolute atomic E-state index is 0. The summed E-state index contributed by atoms with van der Waals surface area (Å²) >= 11 is 0. The average Bonchev–Trinajstić information content (AvgIpc) is 0. The predicted molar refractivity (Wildman–Crippen MR) is 0 cm³/mol. The van der Waals surface area contributed by atoms with Gasteiger partial charge in [0.2, 0.25) is 0 Å². The standard InChI is InChI=1S/22U. The molecule has 0 radical (unpaired) electrons. The summed E-state index contributed by atoms with van der Waals surface area (Å²) in [6, 6.07) is 0. The number of hydrogen-bond acceptors (Lipinski definition) is 0. The first-order chi connectivity index (χ1) is 0. The molecule has 0 aromatic rings. The second-order valence-electron chi connectivity index (χ2n) is 0. The Hall–Kier alpha value is 23.1. The van der Waals surface area contributed by atoms with Crippen molar-refractivity contribution in [3.8, 4) is 0 Å². The van der Waals surface area contributed by atoms with E-state index in [9.17, 15) is 0 Å². The second-order valence-corrected chi connectivity index (χ2v) is 0. The van der Waals surface area contributed by atoms with Gasteiger partial charge in [0.25, 0.3) is 0 Å². The first-order valence-electron chi connectivity index (χ1n) is 0. The molecule has 0 saturated carbocycles. The minimum Gasteiger partial charge on any atom is 0 e. The zero-order chi connectivity index (χ0) is 0. The van der Waals surface area contributed by atoms with Gasteiger partial charge in [-0.3, -0.25) is 0 Å². The van der Waals surface area contributed by atoms with E-state index in [-0.39, 0.29) is 684 Å². The van der Waals surface area contributed by atoms with Gasteiger partial charge >= 0.3 is 0 Å². The molecule has 0 amide bonds. The van der Waals surface area contributed by atoms with Crippen molar-refractivity contribution in [3.05, 3.63) is 0 Å². The van der Waals surface area contributed by atoms with Gasteiger partial charge in [0.15, 0.2) is 0 Å². The molecular formula is U22. The summed E-state index contributed by atoms with van der Waals surface area (Å²) in [6.45, 7) is 0. The molecule has 0 aromatic carbocycles. The van der Waals surface area contributed by atoms with Crippen molar-refractivity contribution < 1.29 is 684 Å². The topological polar surface area (TPSA) is 0 Å². The van der Waals surface area contributed by atoms with Crippen LogP contribution in [0.5, 0.6) is 0 Å². The van der Waals surface area contributed by atoms with Gasteiger partial charge in [-0.15, -0.1) is 0 Å². The molecule has 0 aliphatic rings. The first kappa shape index (κ1) is 164. The van der Waals surface area contributed by atoms with Crippen LogP contribution in [0.25, 0.3) is 0 Å². The van der Waals surface area contributed by atoms with Crippen molar-refractivity contribution in [1.29, 1.82) is 0 Å². The minimum atomic E-state index is 0. The molecule has 0 aromatic heterocycles. The van der Waals surface area contributed by atoms with Gasteiger partial charge in [-0.1, -0.05) is 0 Å². The molecule has 0 atom stereocenters. The fourth-order valence-corrected chi connectivity index (χ4v) is 0. The predicted octanol–water partition coefficient (Wildman–Crippen LogP) is 0. The van der Waals surface area contributed by atoms with Gasteiger partial charge in [-0.2, -0.15) is 0 Å². The Kier molecular flexibility index (Phi) is 1150. The molecule has 0 bridgehead atoms. The summed E-state index contributed by atoms with van der Waals surface area (Å²) in [6.07, 6.45) is 0. The third-order valence-electron chi connectivity index (χ3n) is 0. The molecule has 0 unspecified atom stereocenters. The van der Waals surface area contributed by atoms with Crippen molar-refractivity contribution >= 4 is 0 Å². The largest absolute Gasteiger partial charge is 0 e. The van der Waals surface area contributed by atoms with E-state index in [0.29, 0.717) is 0 Å². The van der Waals surface area contributed by atoms with Crippen molar-refractivity contribution in [3.63, 3.8) is 0 Å². The summed E-state index contributed by atoms with van der Waals surface area (Å²) in [5.41, 5.74) is 0. The van der Waals surface area contributed by atoms with Crippen LogP contribution in [0.2, 0.25) is 0 Å². The zero-order valence-corrected chi connectivity index (χ0v) is 103. The summed E-state index contributed by atoms with van der Waals surface area (Å²) in [7, 11) is 0. The Balaban J connectivity index is 0. The van der Waals surface area contributed by atoms with Crippen LogP contribution >= 0.6 is 0 Å². The van der Waals surface area contributed by atoms with Crippen molar-refractivity contribution in [2.24, 2.45) is 0 Å². The van der Waals surface area contributed by atoms with E-state index in [4.69, 9.17) is 0 Å². The molecule has 22 heavy (non-hydrogen) atoms. The third-order valence-corrected chi connectivity index (χ3v) is 0. The molecule has 0 spiro atoms. The van der Waals surface area contributed by atoms with Crippen LogP contribution in [-0.2, 0) is 0 Å². The molecule has 0 nitrogen and oxygen atoms in total. The normalized spacial score (nSPS) is 0. The molecule has 0 saturated heterocycles. The molecule has 22 heteroatoms. The van der Waals surface area contributed by atoms with Gasteiger partial charge in [-0.25, -0.2) is 0 Å². The van der Waals surface area contributed by atoms with Gasteiger partial charge < -0.3 is 0 Å². The van der Waals surface area contributed by atoms with Gasteiger partial charge in [0.05, 0.1) is 0 Å². The van der Waals surface area contributed by atoms with E-state index in [1.165, 1.54) is 0 Å². The number of rotatable bonds is 0. The molecule has 0 aliphatic carbocycles. The summed E-state index contributed by atoms with van der Waals surface area (Å²) in [4.78, 5) is 0. The van der Waals surface area contributed by atoms with Crippen LogP contribution in [0.3, 0.4) is 0 Å². The molecule has 0 fully saturated rings. The Labute approximate surface area is 659 Å². The summed E-state index contributed by atoms with van der Waals surface area (Å²) in [5.74, 6) is 0. The monoisotopic (exact) mass is 5240 g/mol. The van der Waals surface area contributed by atoms with E-state index < -0.39 is 0 Å². The molecular weight excluding hydrogens is 5240 g/mol. The van der Waals surface area contributed by atoms with Gasteiger partial charge in [0, 0.05) is 684 Å². The smallest absolute Gasteiger partial charge is 0 e. The Morgan fingerprint density at radius 2 is 0.0455 bits per heavy atom. The fourth-order valence-electron chi connectivity index (χ4n) is 0. The second kappa shape index (κ2) is 153. The minimum absolute atomic E-state index is 0. The summed E-state index contributed by atoms with van der Waals surface area (Å²) in [5, 5.41) is 0.